The molecule has 3 unspecified atom stereocenters. The highest BCUT2D eigenvalue weighted by Crippen LogP contribution is 2.52. The summed E-state index contributed by atoms with van der Waals surface area (Å²) in [7, 11) is 0. The zero-order chi connectivity index (χ0) is 15.3. The lowest BCUT2D eigenvalue weighted by Crippen LogP contribution is -2.29. The first-order chi connectivity index (χ1) is 10.6. The molecule has 1 heterocycles. The van der Waals surface area contributed by atoms with E-state index in [2.05, 4.69) is 57.7 Å². The molecule has 0 aromatic heterocycles. The average Bonchev–Trinajstić information content (AvgIpc) is 2.97. The lowest BCUT2D eigenvalue weighted by atomic mass is 9.77. The molecular weight excluding hydrogens is 381 g/mol. The average molecular weight is 395 g/mol. The topological polar surface area (TPSA) is 12.0 Å². The predicted molar refractivity (Wildman–Crippen MR) is 97.0 cm³/mol. The summed E-state index contributed by atoms with van der Waals surface area (Å²) in [6.45, 7) is 0. The molecule has 3 atom stereocenters. The van der Waals surface area contributed by atoms with E-state index in [-0.39, 0.29) is 6.04 Å². The number of hydrogen-bond donors (Lipinski definition) is 1. The fraction of sp³-hybridized carbons (Fsp3) is 0.222. The van der Waals surface area contributed by atoms with Crippen molar-refractivity contribution < 1.29 is 0 Å². The molecule has 0 amide bonds. The predicted octanol–water partition coefficient (Wildman–Crippen LogP) is 6.58. The molecule has 112 valence electrons. The van der Waals surface area contributed by atoms with Crippen molar-refractivity contribution in [2.24, 2.45) is 5.92 Å². The first-order valence-corrected chi connectivity index (χ1v) is 8.86. The van der Waals surface area contributed by atoms with Crippen LogP contribution in [-0.2, 0) is 0 Å². The monoisotopic (exact) mass is 393 g/mol. The zero-order valence-corrected chi connectivity index (χ0v) is 14.8. The maximum Gasteiger partial charge on any atom is 0.0655 e. The minimum atomic E-state index is 0.263. The van der Waals surface area contributed by atoms with Crippen molar-refractivity contribution in [1.82, 2.24) is 0 Å². The Labute approximate surface area is 148 Å². The van der Waals surface area contributed by atoms with Crippen molar-refractivity contribution in [3.05, 3.63) is 74.2 Å². The van der Waals surface area contributed by atoms with Gasteiger partial charge in [0.1, 0.15) is 0 Å². The summed E-state index contributed by atoms with van der Waals surface area (Å²) in [5.74, 6) is 0.879. The van der Waals surface area contributed by atoms with E-state index in [4.69, 9.17) is 23.2 Å². The Morgan fingerprint density at radius 2 is 1.86 bits per heavy atom. The van der Waals surface area contributed by atoms with Gasteiger partial charge in [-0.25, -0.2) is 0 Å². The van der Waals surface area contributed by atoms with Gasteiger partial charge in [0.25, 0.3) is 0 Å². The summed E-state index contributed by atoms with van der Waals surface area (Å²) >= 11 is 16.1. The third-order valence-electron chi connectivity index (χ3n) is 4.61. The van der Waals surface area contributed by atoms with Gasteiger partial charge in [0, 0.05) is 15.4 Å². The van der Waals surface area contributed by atoms with Crippen LogP contribution in [0.3, 0.4) is 0 Å². The molecule has 1 aliphatic heterocycles. The quantitative estimate of drug-likeness (QED) is 0.538. The standard InChI is InChI=1S/C18H14BrCl2N/c19-11-6-4-10(5-7-11)17-14-3-1-2-13(14)15-8-12(20)9-16(21)18(15)22-17/h1-2,4-9,13-14,17,22H,3H2. The number of anilines is 1. The minimum Gasteiger partial charge on any atom is -0.376 e. The number of rotatable bonds is 1. The van der Waals surface area contributed by atoms with Crippen LogP contribution in [0.25, 0.3) is 0 Å². The van der Waals surface area contributed by atoms with Crippen LogP contribution >= 0.6 is 39.1 Å². The molecule has 4 rings (SSSR count). The Kier molecular flexibility index (Phi) is 3.72. The Morgan fingerprint density at radius 3 is 2.64 bits per heavy atom. The molecule has 2 aromatic rings. The summed E-state index contributed by atoms with van der Waals surface area (Å²) < 4.78 is 1.10. The highest BCUT2D eigenvalue weighted by molar-refractivity contribution is 9.10. The van der Waals surface area contributed by atoms with E-state index in [1.165, 1.54) is 11.1 Å². The Hall–Kier alpha value is -0.960. The second-order valence-electron chi connectivity index (χ2n) is 5.88. The minimum absolute atomic E-state index is 0.263. The van der Waals surface area contributed by atoms with E-state index in [0.29, 0.717) is 21.9 Å². The number of nitrogens with one attached hydrogen (secondary N) is 1. The van der Waals surface area contributed by atoms with E-state index in [0.717, 1.165) is 16.6 Å². The number of hydrogen-bond acceptors (Lipinski definition) is 1. The molecule has 4 heteroatoms. The van der Waals surface area contributed by atoms with Gasteiger partial charge in [-0.1, -0.05) is 63.4 Å². The van der Waals surface area contributed by atoms with Crippen molar-refractivity contribution in [3.63, 3.8) is 0 Å². The van der Waals surface area contributed by atoms with Crippen LogP contribution in [0.5, 0.6) is 0 Å². The molecule has 2 aliphatic rings. The largest absolute Gasteiger partial charge is 0.376 e. The first kappa shape index (κ1) is 14.6. The van der Waals surface area contributed by atoms with Crippen molar-refractivity contribution in [2.75, 3.05) is 5.32 Å². The molecule has 0 bridgehead atoms. The normalized spacial score (nSPS) is 25.5. The van der Waals surface area contributed by atoms with Gasteiger partial charge in [0.15, 0.2) is 0 Å². The van der Waals surface area contributed by atoms with E-state index < -0.39 is 0 Å². The maximum atomic E-state index is 6.44. The lowest BCUT2D eigenvalue weighted by Gasteiger charge is -2.38. The first-order valence-electron chi connectivity index (χ1n) is 7.31. The molecule has 1 N–H and O–H groups in total. The molecule has 0 saturated heterocycles. The van der Waals surface area contributed by atoms with Crippen molar-refractivity contribution in [1.29, 1.82) is 0 Å². The van der Waals surface area contributed by atoms with Gasteiger partial charge < -0.3 is 5.32 Å². The molecule has 0 radical (unpaired) electrons. The number of halogens is 3. The van der Waals surface area contributed by atoms with Gasteiger partial charge in [-0.15, -0.1) is 0 Å². The molecule has 2 aromatic carbocycles. The summed E-state index contributed by atoms with van der Waals surface area (Å²) in [5, 5.41) is 5.05. The summed E-state index contributed by atoms with van der Waals surface area (Å²) in [5.41, 5.74) is 3.52. The molecule has 1 aliphatic carbocycles. The molecule has 22 heavy (non-hydrogen) atoms. The van der Waals surface area contributed by atoms with Crippen LogP contribution in [0, 0.1) is 5.92 Å². The fourth-order valence-corrected chi connectivity index (χ4v) is 4.45. The summed E-state index contributed by atoms with van der Waals surface area (Å²) in [4.78, 5) is 0. The van der Waals surface area contributed by atoms with Crippen LogP contribution in [0.4, 0.5) is 5.69 Å². The van der Waals surface area contributed by atoms with E-state index in [1.807, 2.05) is 12.1 Å². The van der Waals surface area contributed by atoms with Crippen LogP contribution in [0.1, 0.15) is 29.5 Å². The number of allylic oxidation sites excluding steroid dienone is 2. The summed E-state index contributed by atoms with van der Waals surface area (Å²) in [6.07, 6.45) is 5.64. The highest BCUT2D eigenvalue weighted by atomic mass is 79.9. The number of benzene rings is 2. The molecule has 0 saturated carbocycles. The van der Waals surface area contributed by atoms with E-state index in [9.17, 15) is 0 Å². The molecule has 0 fully saturated rings. The third kappa shape index (κ3) is 2.38. The molecule has 0 spiro atoms. The SMILES string of the molecule is Clc1cc(Cl)c2c(c1)C1C=CCC1C(c1ccc(Br)cc1)N2. The Bertz CT molecular complexity index is 754. The van der Waals surface area contributed by atoms with Gasteiger partial charge in [0.2, 0.25) is 0 Å². The van der Waals surface area contributed by atoms with Crippen LogP contribution in [-0.4, -0.2) is 0 Å². The Balaban J connectivity index is 1.82. The van der Waals surface area contributed by atoms with Gasteiger partial charge in [-0.2, -0.15) is 0 Å². The van der Waals surface area contributed by atoms with Gasteiger partial charge >= 0.3 is 0 Å². The maximum absolute atomic E-state index is 6.44. The number of fused-ring (bicyclic) bond motifs is 3. The van der Waals surface area contributed by atoms with E-state index >= 15 is 0 Å². The zero-order valence-electron chi connectivity index (χ0n) is 11.7. The van der Waals surface area contributed by atoms with Crippen LogP contribution in [0.2, 0.25) is 10.0 Å². The third-order valence-corrected chi connectivity index (χ3v) is 5.66. The second-order valence-corrected chi connectivity index (χ2v) is 7.64. The van der Waals surface area contributed by atoms with E-state index in [1.54, 1.807) is 0 Å². The van der Waals surface area contributed by atoms with Gasteiger partial charge in [-0.3, -0.25) is 0 Å². The highest BCUT2D eigenvalue weighted by Gasteiger charge is 2.38. The van der Waals surface area contributed by atoms with Gasteiger partial charge in [-0.05, 0) is 47.7 Å². The smallest absolute Gasteiger partial charge is 0.0655 e. The van der Waals surface area contributed by atoms with Crippen molar-refractivity contribution in [3.8, 4) is 0 Å². The van der Waals surface area contributed by atoms with Crippen LogP contribution in [0.15, 0.2) is 53.0 Å². The Morgan fingerprint density at radius 1 is 1.09 bits per heavy atom. The lowest BCUT2D eigenvalue weighted by molar-refractivity contribution is 0.425. The van der Waals surface area contributed by atoms with Crippen molar-refractivity contribution in [2.45, 2.75) is 18.4 Å². The second kappa shape index (κ2) is 5.59. The molecule has 1 nitrogen and oxygen atoms in total. The fourth-order valence-electron chi connectivity index (χ4n) is 3.62. The summed E-state index contributed by atoms with van der Waals surface area (Å²) in [6, 6.07) is 12.6. The van der Waals surface area contributed by atoms with Gasteiger partial charge in [0.05, 0.1) is 16.8 Å². The van der Waals surface area contributed by atoms with Crippen LogP contribution < -0.4 is 5.32 Å². The molecular formula is C18H14BrCl2N. The van der Waals surface area contributed by atoms with Crippen molar-refractivity contribution >= 4 is 44.8 Å².